The lowest BCUT2D eigenvalue weighted by molar-refractivity contribution is -0.402. The number of pyridine rings is 1. The van der Waals surface area contributed by atoms with E-state index < -0.39 is 37.4 Å². The van der Waals surface area contributed by atoms with Crippen LogP contribution in [0.25, 0.3) is 11.3 Å². The SMILES string of the molecule is Nc1cccnc1-c1c([N+](=O)[O-])cc([N+](=O)[O-])cc1[N+](=O)[O-]. The molecule has 0 saturated carbocycles. The number of rotatable bonds is 4. The highest BCUT2D eigenvalue weighted by Gasteiger charge is 2.33. The normalized spacial score (nSPS) is 10.2. The maximum Gasteiger partial charge on any atom is 0.292 e. The lowest BCUT2D eigenvalue weighted by Crippen LogP contribution is -2.03. The van der Waals surface area contributed by atoms with E-state index in [-0.39, 0.29) is 11.4 Å². The van der Waals surface area contributed by atoms with Gasteiger partial charge in [0.1, 0.15) is 5.69 Å². The number of nitrogens with zero attached hydrogens (tertiary/aromatic N) is 4. The van der Waals surface area contributed by atoms with Gasteiger partial charge in [-0.3, -0.25) is 35.3 Å². The molecular weight excluding hydrogens is 298 g/mol. The highest BCUT2D eigenvalue weighted by atomic mass is 16.6. The molecule has 0 fully saturated rings. The topological polar surface area (TPSA) is 168 Å². The van der Waals surface area contributed by atoms with Crippen LogP contribution in [0.5, 0.6) is 0 Å². The van der Waals surface area contributed by atoms with Crippen LogP contribution in [-0.2, 0) is 0 Å². The Balaban J connectivity index is 2.92. The second-order valence-electron chi connectivity index (χ2n) is 4.07. The summed E-state index contributed by atoms with van der Waals surface area (Å²) in [6, 6.07) is 4.08. The second kappa shape index (κ2) is 5.40. The van der Waals surface area contributed by atoms with E-state index >= 15 is 0 Å². The van der Waals surface area contributed by atoms with Crippen molar-refractivity contribution in [2.75, 3.05) is 5.73 Å². The van der Waals surface area contributed by atoms with E-state index in [1.54, 1.807) is 0 Å². The van der Waals surface area contributed by atoms with E-state index in [4.69, 9.17) is 5.73 Å². The molecule has 11 nitrogen and oxygen atoms in total. The fraction of sp³-hybridized carbons (Fsp3) is 0. The highest BCUT2D eigenvalue weighted by Crippen LogP contribution is 2.42. The van der Waals surface area contributed by atoms with Gasteiger partial charge in [0.2, 0.25) is 0 Å². The molecule has 2 aromatic rings. The number of nitro groups is 3. The summed E-state index contributed by atoms with van der Waals surface area (Å²) in [5.41, 5.74) is 2.57. The van der Waals surface area contributed by atoms with Crippen LogP contribution in [0.2, 0.25) is 0 Å². The standard InChI is InChI=1S/C11H7N5O6/c12-7-2-1-3-13-11(7)10-8(15(19)20)4-6(14(17)18)5-9(10)16(21)22/h1-5H,12H2. The zero-order valence-corrected chi connectivity index (χ0v) is 10.7. The summed E-state index contributed by atoms with van der Waals surface area (Å²) in [5, 5.41) is 33.1. The minimum absolute atomic E-state index is 0.0254. The summed E-state index contributed by atoms with van der Waals surface area (Å²) >= 11 is 0. The third-order valence-corrected chi connectivity index (χ3v) is 2.76. The Hall–Kier alpha value is -3.63. The molecule has 0 spiro atoms. The zero-order valence-electron chi connectivity index (χ0n) is 10.7. The van der Waals surface area contributed by atoms with Crippen molar-refractivity contribution in [2.45, 2.75) is 0 Å². The Morgan fingerprint density at radius 3 is 1.91 bits per heavy atom. The van der Waals surface area contributed by atoms with Crippen molar-refractivity contribution in [1.29, 1.82) is 0 Å². The van der Waals surface area contributed by atoms with Crippen LogP contribution < -0.4 is 5.73 Å². The lowest BCUT2D eigenvalue weighted by atomic mass is 10.0. The molecule has 0 bridgehead atoms. The summed E-state index contributed by atoms with van der Waals surface area (Å²) in [7, 11) is 0. The quantitative estimate of drug-likeness (QED) is 0.660. The fourth-order valence-corrected chi connectivity index (χ4v) is 1.86. The van der Waals surface area contributed by atoms with Gasteiger partial charge in [-0.25, -0.2) is 0 Å². The van der Waals surface area contributed by atoms with Gasteiger partial charge in [-0.1, -0.05) is 0 Å². The van der Waals surface area contributed by atoms with E-state index in [1.807, 2.05) is 0 Å². The van der Waals surface area contributed by atoms with Crippen LogP contribution in [-0.4, -0.2) is 19.8 Å². The predicted molar refractivity (Wildman–Crippen MR) is 74.0 cm³/mol. The van der Waals surface area contributed by atoms with E-state index in [0.29, 0.717) is 12.1 Å². The van der Waals surface area contributed by atoms with Gasteiger partial charge in [0.05, 0.1) is 32.6 Å². The first-order valence-corrected chi connectivity index (χ1v) is 5.65. The average Bonchev–Trinajstić information content (AvgIpc) is 2.46. The van der Waals surface area contributed by atoms with Gasteiger partial charge in [-0.15, -0.1) is 0 Å². The molecule has 0 amide bonds. The molecule has 1 aromatic heterocycles. The molecule has 22 heavy (non-hydrogen) atoms. The number of benzene rings is 1. The van der Waals surface area contributed by atoms with Crippen LogP contribution in [0.15, 0.2) is 30.5 Å². The Bertz CT molecular complexity index is 770. The van der Waals surface area contributed by atoms with Crippen molar-refractivity contribution >= 4 is 22.7 Å². The summed E-state index contributed by atoms with van der Waals surface area (Å²) in [4.78, 5) is 34.0. The maximum atomic E-state index is 11.1. The molecule has 112 valence electrons. The first-order valence-electron chi connectivity index (χ1n) is 5.65. The van der Waals surface area contributed by atoms with E-state index in [9.17, 15) is 30.3 Å². The van der Waals surface area contributed by atoms with Gasteiger partial charge in [0, 0.05) is 6.20 Å². The highest BCUT2D eigenvalue weighted by molar-refractivity contribution is 5.87. The number of aromatic nitrogens is 1. The molecule has 0 aliphatic rings. The summed E-state index contributed by atoms with van der Waals surface area (Å²) < 4.78 is 0. The molecule has 0 radical (unpaired) electrons. The van der Waals surface area contributed by atoms with Crippen LogP contribution in [0.3, 0.4) is 0 Å². The molecule has 11 heteroatoms. The van der Waals surface area contributed by atoms with Crippen LogP contribution in [0.4, 0.5) is 22.7 Å². The molecule has 0 saturated heterocycles. The van der Waals surface area contributed by atoms with E-state index in [0.717, 1.165) is 0 Å². The van der Waals surface area contributed by atoms with Crippen molar-refractivity contribution in [3.05, 3.63) is 60.8 Å². The van der Waals surface area contributed by atoms with Crippen molar-refractivity contribution in [3.63, 3.8) is 0 Å². The molecular formula is C11H7N5O6. The third-order valence-electron chi connectivity index (χ3n) is 2.76. The van der Waals surface area contributed by atoms with Crippen molar-refractivity contribution in [1.82, 2.24) is 4.98 Å². The molecule has 0 unspecified atom stereocenters. The largest absolute Gasteiger partial charge is 0.397 e. The van der Waals surface area contributed by atoms with Gasteiger partial charge < -0.3 is 5.73 Å². The van der Waals surface area contributed by atoms with Crippen LogP contribution in [0.1, 0.15) is 0 Å². The predicted octanol–water partition coefficient (Wildman–Crippen LogP) is 2.06. The number of non-ortho nitro benzene ring substituents is 1. The zero-order chi connectivity index (χ0) is 16.4. The molecule has 1 aromatic carbocycles. The Morgan fingerprint density at radius 2 is 1.50 bits per heavy atom. The Labute approximate surface area is 121 Å². The minimum atomic E-state index is -0.955. The molecule has 1 heterocycles. The molecule has 0 aliphatic carbocycles. The average molecular weight is 305 g/mol. The maximum absolute atomic E-state index is 11.1. The van der Waals surface area contributed by atoms with Crippen LogP contribution in [0, 0.1) is 30.3 Å². The van der Waals surface area contributed by atoms with Crippen molar-refractivity contribution in [2.24, 2.45) is 0 Å². The fourth-order valence-electron chi connectivity index (χ4n) is 1.86. The van der Waals surface area contributed by atoms with Gasteiger partial charge in [0.15, 0.2) is 5.56 Å². The second-order valence-corrected chi connectivity index (χ2v) is 4.07. The smallest absolute Gasteiger partial charge is 0.292 e. The molecule has 0 aliphatic heterocycles. The molecule has 2 N–H and O–H groups in total. The summed E-state index contributed by atoms with van der Waals surface area (Å²) in [6.45, 7) is 0. The summed E-state index contributed by atoms with van der Waals surface area (Å²) in [5.74, 6) is 0. The number of nitrogens with two attached hydrogens (primary N) is 1. The van der Waals surface area contributed by atoms with Gasteiger partial charge in [0.25, 0.3) is 17.1 Å². The van der Waals surface area contributed by atoms with Crippen molar-refractivity contribution < 1.29 is 14.8 Å². The number of nitrogen functional groups attached to an aromatic ring is 1. The number of anilines is 1. The number of nitro benzene ring substituents is 3. The first kappa shape index (κ1) is 14.8. The monoisotopic (exact) mass is 305 g/mol. The van der Waals surface area contributed by atoms with Crippen molar-refractivity contribution in [3.8, 4) is 11.3 Å². The van der Waals surface area contributed by atoms with E-state index in [1.165, 1.54) is 18.3 Å². The minimum Gasteiger partial charge on any atom is -0.397 e. The molecule has 2 rings (SSSR count). The van der Waals surface area contributed by atoms with Gasteiger partial charge >= 0.3 is 0 Å². The number of hydrogen-bond donors (Lipinski definition) is 1. The van der Waals surface area contributed by atoms with Crippen LogP contribution >= 0.6 is 0 Å². The third kappa shape index (κ3) is 2.49. The summed E-state index contributed by atoms with van der Waals surface area (Å²) in [6.07, 6.45) is 1.25. The molecule has 0 atom stereocenters. The Morgan fingerprint density at radius 1 is 0.955 bits per heavy atom. The Kier molecular flexibility index (Phi) is 3.62. The van der Waals surface area contributed by atoms with Gasteiger partial charge in [-0.05, 0) is 12.1 Å². The lowest BCUT2D eigenvalue weighted by Gasteiger charge is -2.06. The van der Waals surface area contributed by atoms with Gasteiger partial charge in [-0.2, -0.15) is 0 Å². The first-order chi connectivity index (χ1) is 10.3. The van der Waals surface area contributed by atoms with E-state index in [2.05, 4.69) is 4.98 Å². The number of hydrogen-bond acceptors (Lipinski definition) is 8.